The van der Waals surface area contributed by atoms with E-state index in [1.807, 2.05) is 18.2 Å². The summed E-state index contributed by atoms with van der Waals surface area (Å²) in [5, 5.41) is 0. The van der Waals surface area contributed by atoms with Crippen molar-refractivity contribution in [2.75, 3.05) is 5.75 Å². The predicted molar refractivity (Wildman–Crippen MR) is 77.6 cm³/mol. The van der Waals surface area contributed by atoms with E-state index in [2.05, 4.69) is 0 Å². The van der Waals surface area contributed by atoms with Crippen molar-refractivity contribution < 1.29 is 8.81 Å². The predicted octanol–water partition coefficient (Wildman–Crippen LogP) is 3.53. The van der Waals surface area contributed by atoms with Gasteiger partial charge in [-0.2, -0.15) is 0 Å². The van der Waals surface area contributed by atoms with E-state index in [0.29, 0.717) is 22.8 Å². The second-order valence-electron chi connectivity index (χ2n) is 4.27. The molecule has 0 aliphatic rings. The lowest BCUT2D eigenvalue weighted by atomic mass is 10.3. The van der Waals surface area contributed by atoms with Gasteiger partial charge in [-0.1, -0.05) is 24.3 Å². The van der Waals surface area contributed by atoms with Gasteiger partial charge in [-0.25, -0.2) is 9.18 Å². The van der Waals surface area contributed by atoms with E-state index < -0.39 is 0 Å². The zero-order valence-electron chi connectivity index (χ0n) is 10.6. The average molecular weight is 289 g/mol. The van der Waals surface area contributed by atoms with E-state index in [9.17, 15) is 9.18 Å². The molecule has 0 saturated heterocycles. The van der Waals surface area contributed by atoms with Crippen molar-refractivity contribution in [3.8, 4) is 0 Å². The fourth-order valence-corrected chi connectivity index (χ4v) is 2.91. The normalized spacial score (nSPS) is 11.1. The van der Waals surface area contributed by atoms with Crippen molar-refractivity contribution in [2.24, 2.45) is 0 Å². The van der Waals surface area contributed by atoms with Crippen LogP contribution in [0.2, 0.25) is 0 Å². The van der Waals surface area contributed by atoms with Gasteiger partial charge in [-0.05, 0) is 24.3 Å². The number of nitrogens with zero attached hydrogens (tertiary/aromatic N) is 1. The fraction of sp³-hybridized carbons (Fsp3) is 0.133. The monoisotopic (exact) mass is 289 g/mol. The van der Waals surface area contributed by atoms with Crippen LogP contribution < -0.4 is 5.76 Å². The van der Waals surface area contributed by atoms with E-state index in [-0.39, 0.29) is 11.6 Å². The topological polar surface area (TPSA) is 35.1 Å². The van der Waals surface area contributed by atoms with Crippen LogP contribution in [0.4, 0.5) is 4.39 Å². The number of benzene rings is 2. The lowest BCUT2D eigenvalue weighted by molar-refractivity contribution is 0.514. The van der Waals surface area contributed by atoms with E-state index in [1.165, 1.54) is 17.8 Å². The van der Waals surface area contributed by atoms with Crippen LogP contribution in [0.1, 0.15) is 0 Å². The summed E-state index contributed by atoms with van der Waals surface area (Å²) in [6.07, 6.45) is 0. The number of halogens is 1. The maximum atomic E-state index is 13.5. The maximum absolute atomic E-state index is 13.5. The summed E-state index contributed by atoms with van der Waals surface area (Å²) in [6, 6.07) is 13.9. The van der Waals surface area contributed by atoms with Gasteiger partial charge < -0.3 is 4.42 Å². The molecule has 0 aliphatic heterocycles. The number of thioether (sulfide) groups is 1. The third-order valence-corrected chi connectivity index (χ3v) is 4.01. The van der Waals surface area contributed by atoms with Gasteiger partial charge in [0.1, 0.15) is 5.82 Å². The molecule has 0 amide bonds. The minimum Gasteiger partial charge on any atom is -0.408 e. The molecule has 102 valence electrons. The van der Waals surface area contributed by atoms with Crippen LogP contribution in [0.5, 0.6) is 0 Å². The summed E-state index contributed by atoms with van der Waals surface area (Å²) >= 11 is 1.39. The molecule has 5 heteroatoms. The molecule has 0 radical (unpaired) electrons. The number of rotatable bonds is 4. The number of fused-ring (bicyclic) bond motifs is 1. The van der Waals surface area contributed by atoms with Gasteiger partial charge in [0.05, 0.1) is 5.52 Å². The molecule has 1 aromatic heterocycles. The number of oxazole rings is 1. The Morgan fingerprint density at radius 2 is 1.85 bits per heavy atom. The molecule has 0 atom stereocenters. The number of para-hydroxylation sites is 2. The Morgan fingerprint density at radius 1 is 1.10 bits per heavy atom. The fourth-order valence-electron chi connectivity index (χ4n) is 2.03. The van der Waals surface area contributed by atoms with Crippen LogP contribution in [0.15, 0.2) is 62.6 Å². The van der Waals surface area contributed by atoms with Gasteiger partial charge in [0.15, 0.2) is 5.58 Å². The molecule has 0 spiro atoms. The molecule has 0 fully saturated rings. The van der Waals surface area contributed by atoms with Crippen LogP contribution in [0.25, 0.3) is 11.1 Å². The van der Waals surface area contributed by atoms with Gasteiger partial charge in [-0.3, -0.25) is 4.57 Å². The van der Waals surface area contributed by atoms with Crippen molar-refractivity contribution >= 4 is 22.9 Å². The first-order valence-corrected chi connectivity index (χ1v) is 7.20. The van der Waals surface area contributed by atoms with Crippen molar-refractivity contribution in [3.05, 3.63) is 64.9 Å². The molecule has 1 heterocycles. The zero-order chi connectivity index (χ0) is 13.9. The second kappa shape index (κ2) is 5.54. The highest BCUT2D eigenvalue weighted by atomic mass is 32.2. The van der Waals surface area contributed by atoms with E-state index in [1.54, 1.807) is 28.8 Å². The molecule has 0 N–H and O–H groups in total. The van der Waals surface area contributed by atoms with Crippen LogP contribution in [0, 0.1) is 5.82 Å². The largest absolute Gasteiger partial charge is 0.419 e. The summed E-state index contributed by atoms with van der Waals surface area (Å²) in [6.45, 7) is 0.481. The van der Waals surface area contributed by atoms with Gasteiger partial charge in [0.25, 0.3) is 0 Å². The molecule has 0 unspecified atom stereocenters. The average Bonchev–Trinajstić information content (AvgIpc) is 2.77. The SMILES string of the molecule is O=c1oc2ccccc2n1CCSc1ccccc1F. The molecule has 0 aliphatic carbocycles. The maximum Gasteiger partial charge on any atom is 0.419 e. The quantitative estimate of drug-likeness (QED) is 0.689. The van der Waals surface area contributed by atoms with Crippen molar-refractivity contribution in [1.29, 1.82) is 0 Å². The minimum atomic E-state index is -0.375. The highest BCUT2D eigenvalue weighted by Gasteiger charge is 2.08. The smallest absolute Gasteiger partial charge is 0.408 e. The third kappa shape index (κ3) is 2.49. The van der Waals surface area contributed by atoms with Gasteiger partial charge >= 0.3 is 5.76 Å². The summed E-state index contributed by atoms with van der Waals surface area (Å²) in [7, 11) is 0. The number of aromatic nitrogens is 1. The Labute approximate surface area is 119 Å². The molecule has 0 saturated carbocycles. The molecule has 0 bridgehead atoms. The Hall–Kier alpha value is -2.01. The highest BCUT2D eigenvalue weighted by molar-refractivity contribution is 7.99. The third-order valence-electron chi connectivity index (χ3n) is 2.98. The van der Waals surface area contributed by atoms with Crippen molar-refractivity contribution in [1.82, 2.24) is 4.57 Å². The van der Waals surface area contributed by atoms with Crippen LogP contribution in [-0.2, 0) is 6.54 Å². The molecule has 3 aromatic rings. The zero-order valence-corrected chi connectivity index (χ0v) is 11.4. The lowest BCUT2D eigenvalue weighted by Gasteiger charge is -2.03. The lowest BCUT2D eigenvalue weighted by Crippen LogP contribution is -2.15. The van der Waals surface area contributed by atoms with Crippen LogP contribution in [0.3, 0.4) is 0 Å². The van der Waals surface area contributed by atoms with Crippen molar-refractivity contribution in [3.63, 3.8) is 0 Å². The number of hydrogen-bond donors (Lipinski definition) is 0. The summed E-state index contributed by atoms with van der Waals surface area (Å²) in [4.78, 5) is 12.4. The standard InChI is InChI=1S/C15H12FNO2S/c16-11-5-1-4-8-14(11)20-10-9-17-12-6-2-3-7-13(12)19-15(17)18/h1-8H,9-10H2. The van der Waals surface area contributed by atoms with E-state index >= 15 is 0 Å². The minimum absolute atomic E-state index is 0.234. The van der Waals surface area contributed by atoms with Crippen molar-refractivity contribution in [2.45, 2.75) is 11.4 Å². The summed E-state index contributed by atoms with van der Waals surface area (Å²) in [5.74, 6) is -0.00749. The summed E-state index contributed by atoms with van der Waals surface area (Å²) < 4.78 is 20.2. The first kappa shape index (κ1) is 13.0. The second-order valence-corrected chi connectivity index (χ2v) is 5.40. The Kier molecular flexibility index (Phi) is 3.60. The van der Waals surface area contributed by atoms with Crippen LogP contribution in [-0.4, -0.2) is 10.3 Å². The molecule has 20 heavy (non-hydrogen) atoms. The molecular formula is C15H12FNO2S. The Bertz CT molecular complexity index is 794. The van der Waals surface area contributed by atoms with E-state index in [0.717, 1.165) is 5.52 Å². The molecule has 2 aromatic carbocycles. The highest BCUT2D eigenvalue weighted by Crippen LogP contribution is 2.21. The molecular weight excluding hydrogens is 277 g/mol. The van der Waals surface area contributed by atoms with Gasteiger partial charge in [-0.15, -0.1) is 11.8 Å². The van der Waals surface area contributed by atoms with Gasteiger partial charge in [0.2, 0.25) is 0 Å². The molecule has 3 nitrogen and oxygen atoms in total. The van der Waals surface area contributed by atoms with E-state index in [4.69, 9.17) is 4.42 Å². The van der Waals surface area contributed by atoms with Crippen LogP contribution >= 0.6 is 11.8 Å². The van der Waals surface area contributed by atoms with Gasteiger partial charge in [0, 0.05) is 17.2 Å². The number of aryl methyl sites for hydroxylation is 1. The summed E-state index contributed by atoms with van der Waals surface area (Å²) in [5.41, 5.74) is 1.35. The Morgan fingerprint density at radius 3 is 2.70 bits per heavy atom. The molecule has 3 rings (SSSR count). The first-order chi connectivity index (χ1) is 9.75. The first-order valence-electron chi connectivity index (χ1n) is 6.21. The Balaban J connectivity index is 1.76. The number of hydrogen-bond acceptors (Lipinski definition) is 3.